The van der Waals surface area contributed by atoms with Gasteiger partial charge in [-0.2, -0.15) is 0 Å². The Hall–Kier alpha value is -1.66. The van der Waals surface area contributed by atoms with Crippen LogP contribution < -0.4 is 0 Å². The minimum absolute atomic E-state index is 0.172. The van der Waals surface area contributed by atoms with Gasteiger partial charge in [-0.05, 0) is 35.7 Å². The first kappa shape index (κ1) is 17.2. The molecule has 0 saturated carbocycles. The van der Waals surface area contributed by atoms with Gasteiger partial charge in [0.05, 0.1) is 6.42 Å². The SMILES string of the molecule is O=C(CCc1cccs1)N1CCCN(C(=O)Cc2cccs2)CC1. The van der Waals surface area contributed by atoms with Crippen LogP contribution in [-0.2, 0) is 22.4 Å². The molecule has 0 radical (unpaired) electrons. The van der Waals surface area contributed by atoms with Crippen molar-refractivity contribution >= 4 is 34.5 Å². The molecule has 2 aromatic heterocycles. The van der Waals surface area contributed by atoms with E-state index in [2.05, 4.69) is 6.07 Å². The lowest BCUT2D eigenvalue weighted by Gasteiger charge is -2.22. The number of hydrogen-bond acceptors (Lipinski definition) is 4. The summed E-state index contributed by atoms with van der Waals surface area (Å²) in [7, 11) is 0. The highest BCUT2D eigenvalue weighted by atomic mass is 32.1. The molecule has 2 aromatic rings. The molecule has 0 atom stereocenters. The van der Waals surface area contributed by atoms with Crippen LogP contribution in [0, 0.1) is 0 Å². The average Bonchev–Trinajstić information content (AvgIpc) is 3.22. The summed E-state index contributed by atoms with van der Waals surface area (Å²) in [6, 6.07) is 8.07. The van der Waals surface area contributed by atoms with Crippen molar-refractivity contribution < 1.29 is 9.59 Å². The fraction of sp³-hybridized carbons (Fsp3) is 0.444. The maximum absolute atomic E-state index is 12.4. The molecular weight excluding hydrogens is 340 g/mol. The minimum atomic E-state index is 0.172. The smallest absolute Gasteiger partial charge is 0.227 e. The van der Waals surface area contributed by atoms with Crippen molar-refractivity contribution in [2.75, 3.05) is 26.2 Å². The number of hydrogen-bond donors (Lipinski definition) is 0. The second kappa shape index (κ2) is 8.44. The molecule has 3 heterocycles. The van der Waals surface area contributed by atoms with Crippen molar-refractivity contribution in [3.8, 4) is 0 Å². The lowest BCUT2D eigenvalue weighted by molar-refractivity contribution is -0.133. The van der Waals surface area contributed by atoms with Crippen LogP contribution in [0.15, 0.2) is 35.0 Å². The summed E-state index contributed by atoms with van der Waals surface area (Å²) in [5, 5.41) is 4.04. The number of aryl methyl sites for hydroxylation is 1. The maximum atomic E-state index is 12.4. The van der Waals surface area contributed by atoms with Gasteiger partial charge < -0.3 is 9.80 Å². The molecule has 1 saturated heterocycles. The lowest BCUT2D eigenvalue weighted by atomic mass is 10.2. The Labute approximate surface area is 150 Å². The molecule has 0 aromatic carbocycles. The molecule has 4 nitrogen and oxygen atoms in total. The highest BCUT2D eigenvalue weighted by Gasteiger charge is 2.22. The van der Waals surface area contributed by atoms with Crippen LogP contribution in [-0.4, -0.2) is 47.8 Å². The average molecular weight is 363 g/mol. The van der Waals surface area contributed by atoms with Crippen LogP contribution in [0.5, 0.6) is 0 Å². The van der Waals surface area contributed by atoms with Gasteiger partial charge in [-0.25, -0.2) is 0 Å². The molecule has 1 fully saturated rings. The van der Waals surface area contributed by atoms with Gasteiger partial charge in [0, 0.05) is 42.4 Å². The third kappa shape index (κ3) is 4.68. The summed E-state index contributed by atoms with van der Waals surface area (Å²) in [6.45, 7) is 2.80. The van der Waals surface area contributed by atoms with Gasteiger partial charge in [-0.3, -0.25) is 9.59 Å². The molecule has 24 heavy (non-hydrogen) atoms. The summed E-state index contributed by atoms with van der Waals surface area (Å²) in [6.07, 6.45) is 2.71. The van der Waals surface area contributed by atoms with Gasteiger partial charge in [0.25, 0.3) is 0 Å². The third-order valence-corrected chi connectivity index (χ3v) is 6.08. The van der Waals surface area contributed by atoms with Gasteiger partial charge in [-0.1, -0.05) is 12.1 Å². The van der Waals surface area contributed by atoms with Crippen molar-refractivity contribution in [3.63, 3.8) is 0 Å². The van der Waals surface area contributed by atoms with Gasteiger partial charge in [-0.15, -0.1) is 22.7 Å². The fourth-order valence-electron chi connectivity index (χ4n) is 2.93. The topological polar surface area (TPSA) is 40.6 Å². The van der Waals surface area contributed by atoms with E-state index < -0.39 is 0 Å². The summed E-state index contributed by atoms with van der Waals surface area (Å²) in [5.41, 5.74) is 0. The summed E-state index contributed by atoms with van der Waals surface area (Å²) in [5.74, 6) is 0.376. The van der Waals surface area contributed by atoms with Gasteiger partial charge in [0.1, 0.15) is 0 Å². The monoisotopic (exact) mass is 362 g/mol. The number of carbonyl (C=O) groups excluding carboxylic acids is 2. The van der Waals surface area contributed by atoms with Crippen LogP contribution in [0.4, 0.5) is 0 Å². The maximum Gasteiger partial charge on any atom is 0.227 e. The first-order valence-corrected chi connectivity index (χ1v) is 10.1. The van der Waals surface area contributed by atoms with Gasteiger partial charge >= 0.3 is 0 Å². The third-order valence-electron chi connectivity index (χ3n) is 4.27. The minimum Gasteiger partial charge on any atom is -0.341 e. The highest BCUT2D eigenvalue weighted by molar-refractivity contribution is 7.10. The fourth-order valence-corrected chi connectivity index (χ4v) is 4.34. The predicted octanol–water partition coefficient (Wildman–Crippen LogP) is 3.05. The zero-order chi connectivity index (χ0) is 16.8. The van der Waals surface area contributed by atoms with E-state index in [9.17, 15) is 9.59 Å². The Morgan fingerprint density at radius 1 is 0.875 bits per heavy atom. The van der Waals surface area contributed by atoms with E-state index >= 15 is 0 Å². The first-order valence-electron chi connectivity index (χ1n) is 8.32. The summed E-state index contributed by atoms with van der Waals surface area (Å²) < 4.78 is 0. The van der Waals surface area contributed by atoms with Crippen molar-refractivity contribution in [1.29, 1.82) is 0 Å². The second-order valence-electron chi connectivity index (χ2n) is 5.95. The van der Waals surface area contributed by atoms with E-state index in [4.69, 9.17) is 0 Å². The van der Waals surface area contributed by atoms with E-state index in [0.29, 0.717) is 25.9 Å². The quantitative estimate of drug-likeness (QED) is 0.820. The van der Waals surface area contributed by atoms with Crippen molar-refractivity contribution in [1.82, 2.24) is 9.80 Å². The molecule has 0 spiro atoms. The van der Waals surface area contributed by atoms with Crippen LogP contribution >= 0.6 is 22.7 Å². The van der Waals surface area contributed by atoms with E-state index in [1.807, 2.05) is 38.8 Å². The van der Waals surface area contributed by atoms with Crippen molar-refractivity contribution in [3.05, 3.63) is 44.8 Å². The number of nitrogens with zero attached hydrogens (tertiary/aromatic N) is 2. The molecule has 2 amide bonds. The zero-order valence-corrected chi connectivity index (χ0v) is 15.3. The Morgan fingerprint density at radius 2 is 1.50 bits per heavy atom. The number of thiophene rings is 2. The molecule has 3 rings (SSSR count). The molecular formula is C18H22N2O2S2. The van der Waals surface area contributed by atoms with Gasteiger partial charge in [0.2, 0.25) is 11.8 Å². The van der Waals surface area contributed by atoms with Crippen molar-refractivity contribution in [2.45, 2.75) is 25.7 Å². The van der Waals surface area contributed by atoms with E-state index in [0.717, 1.165) is 30.8 Å². The Bertz CT molecular complexity index is 653. The van der Waals surface area contributed by atoms with E-state index in [1.165, 1.54) is 4.88 Å². The Kier molecular flexibility index (Phi) is 6.04. The Morgan fingerprint density at radius 3 is 2.12 bits per heavy atom. The summed E-state index contributed by atoms with van der Waals surface area (Å²) in [4.78, 5) is 31.0. The molecule has 1 aliphatic heterocycles. The summed E-state index contributed by atoms with van der Waals surface area (Å²) >= 11 is 3.32. The molecule has 6 heteroatoms. The standard InChI is InChI=1S/C18H22N2O2S2/c21-17(7-6-15-4-1-12-23-15)19-8-3-9-20(11-10-19)18(22)14-16-5-2-13-24-16/h1-2,4-5,12-13H,3,6-11,14H2. The van der Waals surface area contributed by atoms with Crippen LogP contribution in [0.2, 0.25) is 0 Å². The number of carbonyl (C=O) groups is 2. The second-order valence-corrected chi connectivity index (χ2v) is 8.02. The highest BCUT2D eigenvalue weighted by Crippen LogP contribution is 2.14. The molecule has 0 bridgehead atoms. The van der Waals surface area contributed by atoms with Crippen LogP contribution in [0.1, 0.15) is 22.6 Å². The largest absolute Gasteiger partial charge is 0.341 e. The van der Waals surface area contributed by atoms with E-state index in [-0.39, 0.29) is 11.8 Å². The molecule has 0 N–H and O–H groups in total. The predicted molar refractivity (Wildman–Crippen MR) is 98.4 cm³/mol. The molecule has 0 unspecified atom stereocenters. The molecule has 1 aliphatic rings. The molecule has 0 aliphatic carbocycles. The number of amides is 2. The van der Waals surface area contributed by atoms with Crippen LogP contribution in [0.25, 0.3) is 0 Å². The van der Waals surface area contributed by atoms with Crippen molar-refractivity contribution in [2.24, 2.45) is 0 Å². The Balaban J connectivity index is 1.47. The molecule has 128 valence electrons. The van der Waals surface area contributed by atoms with Crippen LogP contribution in [0.3, 0.4) is 0 Å². The van der Waals surface area contributed by atoms with Gasteiger partial charge in [0.15, 0.2) is 0 Å². The first-order chi connectivity index (χ1) is 11.7. The van der Waals surface area contributed by atoms with E-state index in [1.54, 1.807) is 22.7 Å². The lowest BCUT2D eigenvalue weighted by Crippen LogP contribution is -2.37. The number of rotatable bonds is 5. The normalized spacial score (nSPS) is 15.3. The zero-order valence-electron chi connectivity index (χ0n) is 13.6.